The minimum absolute atomic E-state index is 0.119. The molecule has 4 atom stereocenters. The lowest BCUT2D eigenvalue weighted by Crippen LogP contribution is -2.43. The molecule has 190 valence electrons. The molecule has 0 radical (unpaired) electrons. The molecule has 1 aliphatic carbocycles. The molecule has 3 rings (SSSR count). The summed E-state index contributed by atoms with van der Waals surface area (Å²) in [6.45, 7) is 7.26. The summed E-state index contributed by atoms with van der Waals surface area (Å²) < 4.78 is 21.2. The molecule has 1 aliphatic heterocycles. The second kappa shape index (κ2) is 10.4. The minimum atomic E-state index is -1.01. The van der Waals surface area contributed by atoms with E-state index in [0.29, 0.717) is 29.8 Å². The van der Waals surface area contributed by atoms with Crippen LogP contribution in [0, 0.1) is 11.8 Å². The maximum atomic E-state index is 13.8. The summed E-state index contributed by atoms with van der Waals surface area (Å²) >= 11 is 0. The lowest BCUT2D eigenvalue weighted by atomic mass is 9.69. The van der Waals surface area contributed by atoms with Crippen LogP contribution in [0.4, 0.5) is 0 Å². The van der Waals surface area contributed by atoms with E-state index in [1.54, 1.807) is 26.0 Å². The largest absolute Gasteiger partial charge is 0.502 e. The van der Waals surface area contributed by atoms with Gasteiger partial charge in [-0.15, -0.1) is 0 Å². The van der Waals surface area contributed by atoms with Gasteiger partial charge in [-0.3, -0.25) is 9.59 Å². The van der Waals surface area contributed by atoms with Gasteiger partial charge in [-0.25, -0.2) is 4.79 Å². The highest BCUT2D eigenvalue weighted by Gasteiger charge is 2.47. The van der Waals surface area contributed by atoms with E-state index in [4.69, 9.17) is 18.9 Å². The van der Waals surface area contributed by atoms with Gasteiger partial charge in [0.1, 0.15) is 5.92 Å². The highest BCUT2D eigenvalue weighted by atomic mass is 16.5. The first-order chi connectivity index (χ1) is 16.6. The van der Waals surface area contributed by atoms with Gasteiger partial charge in [0.25, 0.3) is 0 Å². The zero-order valence-corrected chi connectivity index (χ0v) is 21.2. The topological polar surface area (TPSA) is 120 Å². The SMILES string of the molecule is CC[C@H](C)OC(=O)C1=C(C)NC2=C(C(=O)[C@H](C(=O)OC)[C@H](C)C2)[C@@H]1c1cc(OC)c(O)c(OC)c1. The van der Waals surface area contributed by atoms with E-state index < -0.39 is 29.6 Å². The summed E-state index contributed by atoms with van der Waals surface area (Å²) in [6, 6.07) is 3.11. The molecule has 0 fully saturated rings. The van der Waals surface area contributed by atoms with Crippen LogP contribution in [0.1, 0.15) is 52.0 Å². The van der Waals surface area contributed by atoms with E-state index in [9.17, 15) is 19.5 Å². The van der Waals surface area contributed by atoms with Gasteiger partial charge >= 0.3 is 11.9 Å². The van der Waals surface area contributed by atoms with Gasteiger partial charge in [0.15, 0.2) is 17.3 Å². The van der Waals surface area contributed by atoms with Crippen LogP contribution in [0.2, 0.25) is 0 Å². The molecule has 35 heavy (non-hydrogen) atoms. The number of ketones is 1. The first-order valence-electron chi connectivity index (χ1n) is 11.6. The van der Waals surface area contributed by atoms with E-state index in [0.717, 1.165) is 0 Å². The minimum Gasteiger partial charge on any atom is -0.502 e. The number of allylic oxidation sites excluding steroid dienone is 3. The number of rotatable bonds is 7. The van der Waals surface area contributed by atoms with Crippen LogP contribution in [0.15, 0.2) is 34.7 Å². The van der Waals surface area contributed by atoms with Gasteiger partial charge in [-0.2, -0.15) is 0 Å². The number of carbonyl (C=O) groups is 3. The Balaban J connectivity index is 2.27. The van der Waals surface area contributed by atoms with Crippen molar-refractivity contribution in [2.45, 2.75) is 52.6 Å². The lowest BCUT2D eigenvalue weighted by molar-refractivity contribution is -0.151. The van der Waals surface area contributed by atoms with Crippen molar-refractivity contribution in [1.29, 1.82) is 0 Å². The van der Waals surface area contributed by atoms with E-state index in [1.165, 1.54) is 21.3 Å². The maximum Gasteiger partial charge on any atom is 0.337 e. The van der Waals surface area contributed by atoms with Crippen LogP contribution in [-0.2, 0) is 23.9 Å². The number of Topliss-reactive ketones (excluding diaryl/α,β-unsaturated/α-hetero) is 1. The highest BCUT2D eigenvalue weighted by Crippen LogP contribution is 2.48. The van der Waals surface area contributed by atoms with Crippen molar-refractivity contribution < 1.29 is 38.4 Å². The third-order valence-electron chi connectivity index (χ3n) is 6.68. The molecule has 0 unspecified atom stereocenters. The summed E-state index contributed by atoms with van der Waals surface area (Å²) in [5, 5.41) is 13.7. The summed E-state index contributed by atoms with van der Waals surface area (Å²) in [6.07, 6.45) is 0.688. The molecule has 1 aromatic rings. The van der Waals surface area contributed by atoms with Crippen molar-refractivity contribution in [3.8, 4) is 17.2 Å². The molecule has 1 aromatic carbocycles. The first-order valence-corrected chi connectivity index (χ1v) is 11.6. The first kappa shape index (κ1) is 26.1. The monoisotopic (exact) mass is 487 g/mol. The fraction of sp³-hybridized carbons (Fsp3) is 0.500. The molecular weight excluding hydrogens is 454 g/mol. The molecule has 9 nitrogen and oxygen atoms in total. The Morgan fingerprint density at radius 1 is 1.17 bits per heavy atom. The molecule has 0 spiro atoms. The molecule has 2 N–H and O–H groups in total. The van der Waals surface area contributed by atoms with Crippen LogP contribution in [0.25, 0.3) is 0 Å². The number of benzene rings is 1. The van der Waals surface area contributed by atoms with Crippen LogP contribution >= 0.6 is 0 Å². The zero-order valence-electron chi connectivity index (χ0n) is 21.2. The van der Waals surface area contributed by atoms with Gasteiger partial charge in [0.2, 0.25) is 5.75 Å². The Morgan fingerprint density at radius 2 is 1.77 bits per heavy atom. The van der Waals surface area contributed by atoms with Crippen LogP contribution < -0.4 is 14.8 Å². The van der Waals surface area contributed by atoms with Gasteiger partial charge < -0.3 is 29.4 Å². The summed E-state index contributed by atoms with van der Waals surface area (Å²) in [7, 11) is 4.04. The Bertz CT molecular complexity index is 1080. The second-order valence-corrected chi connectivity index (χ2v) is 8.93. The van der Waals surface area contributed by atoms with E-state index in [2.05, 4.69) is 5.32 Å². The molecule has 2 aliphatic rings. The number of nitrogens with one attached hydrogen (secondary N) is 1. The average Bonchev–Trinajstić information content (AvgIpc) is 2.82. The molecule has 0 saturated heterocycles. The van der Waals surface area contributed by atoms with Crippen LogP contribution in [0.5, 0.6) is 17.2 Å². The summed E-state index contributed by atoms with van der Waals surface area (Å²) in [5.74, 6) is -3.77. The van der Waals surface area contributed by atoms with Crippen molar-refractivity contribution >= 4 is 17.7 Å². The number of phenols is 1. The number of aromatic hydroxyl groups is 1. The van der Waals surface area contributed by atoms with Crippen molar-refractivity contribution in [1.82, 2.24) is 5.32 Å². The van der Waals surface area contributed by atoms with Gasteiger partial charge in [0.05, 0.1) is 33.0 Å². The van der Waals surface area contributed by atoms with Crippen molar-refractivity contribution in [2.24, 2.45) is 11.8 Å². The number of phenolic OH excluding ortho intramolecular Hbond substituents is 1. The quantitative estimate of drug-likeness (QED) is 0.440. The lowest BCUT2D eigenvalue weighted by Gasteiger charge is -2.38. The smallest absolute Gasteiger partial charge is 0.337 e. The van der Waals surface area contributed by atoms with Crippen molar-refractivity contribution in [3.05, 3.63) is 40.2 Å². The van der Waals surface area contributed by atoms with Crippen molar-refractivity contribution in [2.75, 3.05) is 21.3 Å². The van der Waals surface area contributed by atoms with E-state index in [1.807, 2.05) is 13.8 Å². The summed E-state index contributed by atoms with van der Waals surface area (Å²) in [4.78, 5) is 39.7. The molecule has 0 amide bonds. The van der Waals surface area contributed by atoms with Gasteiger partial charge in [-0.1, -0.05) is 13.8 Å². The third-order valence-corrected chi connectivity index (χ3v) is 6.68. The fourth-order valence-electron chi connectivity index (χ4n) is 4.69. The predicted octanol–water partition coefficient (Wildman–Crippen LogP) is 3.36. The molecule has 0 bridgehead atoms. The number of carbonyl (C=O) groups excluding carboxylic acids is 3. The van der Waals surface area contributed by atoms with Gasteiger partial charge in [-0.05, 0) is 50.3 Å². The van der Waals surface area contributed by atoms with Crippen molar-refractivity contribution in [3.63, 3.8) is 0 Å². The number of dihydropyridines is 1. The number of hydrogen-bond acceptors (Lipinski definition) is 9. The van der Waals surface area contributed by atoms with E-state index in [-0.39, 0.29) is 40.4 Å². The number of ether oxygens (including phenoxy) is 4. The molecule has 9 heteroatoms. The number of esters is 2. The predicted molar refractivity (Wildman–Crippen MR) is 127 cm³/mol. The zero-order chi connectivity index (χ0) is 26.0. The second-order valence-electron chi connectivity index (χ2n) is 8.93. The average molecular weight is 488 g/mol. The van der Waals surface area contributed by atoms with Gasteiger partial charge in [0, 0.05) is 22.9 Å². The molecule has 0 saturated carbocycles. The number of methoxy groups -OCH3 is 3. The normalized spacial score (nSPS) is 22.7. The Morgan fingerprint density at radius 3 is 2.29 bits per heavy atom. The third kappa shape index (κ3) is 4.72. The highest BCUT2D eigenvalue weighted by molar-refractivity contribution is 6.12. The Labute approximate surface area is 205 Å². The Hall–Kier alpha value is -3.49. The molecule has 0 aromatic heterocycles. The summed E-state index contributed by atoms with van der Waals surface area (Å²) in [5.41, 5.74) is 2.19. The molecule has 1 heterocycles. The maximum absolute atomic E-state index is 13.8. The van der Waals surface area contributed by atoms with E-state index >= 15 is 0 Å². The fourth-order valence-corrected chi connectivity index (χ4v) is 4.69. The van der Waals surface area contributed by atoms with Crippen LogP contribution in [0.3, 0.4) is 0 Å². The Kier molecular flexibility index (Phi) is 7.77. The van der Waals surface area contributed by atoms with Crippen LogP contribution in [-0.4, -0.2) is 50.3 Å². The number of hydrogen-bond donors (Lipinski definition) is 2. The standard InChI is InChI=1S/C26H33NO8/c1-8-13(3)35-26(31)20-14(4)27-16-9-12(2)19(25(30)34-7)24(29)22(16)21(20)15-10-17(32-5)23(28)18(11-15)33-6/h10-13,19,21,27-28H,8-9H2,1-7H3/t12-,13+,19-,21-/m1/s1. The molecular formula is C26H33NO8.